The van der Waals surface area contributed by atoms with E-state index in [0.29, 0.717) is 0 Å². The number of hydrogen-bond donors (Lipinski definition) is 1. The van der Waals surface area contributed by atoms with Gasteiger partial charge in [0.25, 0.3) is 0 Å². The minimum Gasteiger partial charge on any atom is -0.389 e. The van der Waals surface area contributed by atoms with Crippen LogP contribution in [0.1, 0.15) is 34.1 Å². The zero-order valence-corrected chi connectivity index (χ0v) is 9.95. The van der Waals surface area contributed by atoms with Crippen LogP contribution in [-0.2, 0) is 4.79 Å². The Morgan fingerprint density at radius 3 is 2.67 bits per heavy atom. The van der Waals surface area contributed by atoms with Gasteiger partial charge in [0.05, 0.1) is 6.10 Å². The summed E-state index contributed by atoms with van der Waals surface area (Å²) in [7, 11) is 0. The molecular weight excluding hydrogens is 188 g/mol. The first-order valence-electron chi connectivity index (χ1n) is 5.38. The molecule has 0 spiro atoms. The molecule has 0 aromatic carbocycles. The van der Waals surface area contributed by atoms with Crippen LogP contribution in [0.5, 0.6) is 0 Å². The minimum absolute atomic E-state index is 0.0181. The summed E-state index contributed by atoms with van der Waals surface area (Å²) in [6, 6.07) is 0. The fourth-order valence-corrected chi connectivity index (χ4v) is 2.39. The van der Waals surface area contributed by atoms with Crippen molar-refractivity contribution >= 4 is 5.78 Å². The zero-order valence-electron chi connectivity index (χ0n) is 9.95. The molecule has 1 N–H and O–H groups in total. The van der Waals surface area contributed by atoms with Crippen molar-refractivity contribution in [3.63, 3.8) is 0 Å². The van der Waals surface area contributed by atoms with Crippen LogP contribution in [0.25, 0.3) is 0 Å². The molecule has 0 fully saturated rings. The van der Waals surface area contributed by atoms with E-state index in [-0.39, 0.29) is 23.2 Å². The highest BCUT2D eigenvalue weighted by Crippen LogP contribution is 2.41. The SMILES string of the molecule is CC(=O)/C=C/[C@@H]1C(C)=C[C@H](O)CC1(C)C. The molecule has 0 aromatic rings. The number of aliphatic hydroxyl groups excluding tert-OH is 1. The average Bonchev–Trinajstić information content (AvgIpc) is 1.98. The quantitative estimate of drug-likeness (QED) is 0.559. The molecule has 0 aromatic heterocycles. The number of rotatable bonds is 2. The van der Waals surface area contributed by atoms with Gasteiger partial charge in [-0.15, -0.1) is 0 Å². The van der Waals surface area contributed by atoms with E-state index in [1.54, 1.807) is 13.0 Å². The van der Waals surface area contributed by atoms with Crippen molar-refractivity contribution in [1.82, 2.24) is 0 Å². The van der Waals surface area contributed by atoms with Crippen LogP contribution >= 0.6 is 0 Å². The molecule has 2 heteroatoms. The molecule has 2 atom stereocenters. The average molecular weight is 208 g/mol. The van der Waals surface area contributed by atoms with Gasteiger partial charge in [0.1, 0.15) is 0 Å². The Labute approximate surface area is 91.7 Å². The summed E-state index contributed by atoms with van der Waals surface area (Å²) >= 11 is 0. The predicted molar refractivity (Wildman–Crippen MR) is 61.5 cm³/mol. The maximum atomic E-state index is 10.9. The van der Waals surface area contributed by atoms with E-state index in [2.05, 4.69) is 13.8 Å². The maximum absolute atomic E-state index is 10.9. The minimum atomic E-state index is -0.345. The van der Waals surface area contributed by atoms with Crippen molar-refractivity contribution in [2.45, 2.75) is 40.2 Å². The standard InChI is InChI=1S/C13H20O2/c1-9-7-11(15)8-13(3,4)12(9)6-5-10(2)14/h5-7,11-12,15H,8H2,1-4H3/b6-5+/t11-,12+/m0/s1. The van der Waals surface area contributed by atoms with Gasteiger partial charge in [-0.1, -0.05) is 31.6 Å². The molecule has 84 valence electrons. The Morgan fingerprint density at radius 1 is 1.60 bits per heavy atom. The van der Waals surface area contributed by atoms with E-state index in [9.17, 15) is 9.90 Å². The fraction of sp³-hybridized carbons (Fsp3) is 0.615. The summed E-state index contributed by atoms with van der Waals surface area (Å²) in [5, 5.41) is 9.64. The van der Waals surface area contributed by atoms with E-state index < -0.39 is 0 Å². The van der Waals surface area contributed by atoms with Gasteiger partial charge < -0.3 is 5.11 Å². The molecule has 0 unspecified atom stereocenters. The van der Waals surface area contributed by atoms with E-state index >= 15 is 0 Å². The van der Waals surface area contributed by atoms with Gasteiger partial charge >= 0.3 is 0 Å². The van der Waals surface area contributed by atoms with E-state index in [1.807, 2.05) is 19.1 Å². The van der Waals surface area contributed by atoms with Gasteiger partial charge in [-0.3, -0.25) is 4.79 Å². The second kappa shape index (κ2) is 4.31. The van der Waals surface area contributed by atoms with E-state index in [4.69, 9.17) is 0 Å². The van der Waals surface area contributed by atoms with Gasteiger partial charge in [-0.05, 0) is 31.8 Å². The van der Waals surface area contributed by atoms with Gasteiger partial charge in [0, 0.05) is 5.92 Å². The summed E-state index contributed by atoms with van der Waals surface area (Å²) in [5.74, 6) is 0.328. The molecule has 0 heterocycles. The van der Waals surface area contributed by atoms with Crippen LogP contribution in [0.2, 0.25) is 0 Å². The van der Waals surface area contributed by atoms with Crippen LogP contribution in [0, 0.1) is 11.3 Å². The van der Waals surface area contributed by atoms with E-state index in [1.165, 1.54) is 0 Å². The van der Waals surface area contributed by atoms with Crippen molar-refractivity contribution < 1.29 is 9.90 Å². The normalized spacial score (nSPS) is 30.3. The molecule has 0 saturated carbocycles. The first kappa shape index (κ1) is 12.2. The largest absolute Gasteiger partial charge is 0.389 e. The number of carbonyl (C=O) groups is 1. The first-order chi connectivity index (χ1) is 6.83. The molecular formula is C13H20O2. The third-order valence-corrected chi connectivity index (χ3v) is 3.05. The van der Waals surface area contributed by atoms with Crippen LogP contribution in [0.15, 0.2) is 23.8 Å². The first-order valence-corrected chi connectivity index (χ1v) is 5.38. The van der Waals surface area contributed by atoms with Gasteiger partial charge in [0.2, 0.25) is 0 Å². The van der Waals surface area contributed by atoms with Gasteiger partial charge in [-0.25, -0.2) is 0 Å². The molecule has 0 amide bonds. The van der Waals surface area contributed by atoms with Crippen molar-refractivity contribution in [2.24, 2.45) is 11.3 Å². The van der Waals surface area contributed by atoms with Gasteiger partial charge in [-0.2, -0.15) is 0 Å². The number of aliphatic hydroxyl groups is 1. The molecule has 0 saturated heterocycles. The monoisotopic (exact) mass is 208 g/mol. The maximum Gasteiger partial charge on any atom is 0.152 e. The number of allylic oxidation sites excluding steroid dienone is 3. The van der Waals surface area contributed by atoms with E-state index in [0.717, 1.165) is 12.0 Å². The Kier molecular flexibility index (Phi) is 3.50. The van der Waals surface area contributed by atoms with Crippen LogP contribution < -0.4 is 0 Å². The molecule has 0 aliphatic heterocycles. The summed E-state index contributed by atoms with van der Waals surface area (Å²) < 4.78 is 0. The molecule has 1 rings (SSSR count). The number of ketones is 1. The third kappa shape index (κ3) is 3.03. The summed E-state index contributed by atoms with van der Waals surface area (Å²) in [5.41, 5.74) is 1.17. The second-order valence-electron chi connectivity index (χ2n) is 5.12. The van der Waals surface area contributed by atoms with Crippen LogP contribution in [0.3, 0.4) is 0 Å². The Hall–Kier alpha value is -0.890. The van der Waals surface area contributed by atoms with Crippen molar-refractivity contribution in [3.8, 4) is 0 Å². The van der Waals surface area contributed by atoms with Crippen LogP contribution in [0.4, 0.5) is 0 Å². The Bertz CT molecular complexity index is 310. The van der Waals surface area contributed by atoms with Crippen LogP contribution in [-0.4, -0.2) is 17.0 Å². The predicted octanol–water partition coefficient (Wildman–Crippen LogP) is 2.48. The third-order valence-electron chi connectivity index (χ3n) is 3.05. The smallest absolute Gasteiger partial charge is 0.152 e. The highest BCUT2D eigenvalue weighted by Gasteiger charge is 2.34. The Balaban J connectivity index is 2.94. The Morgan fingerprint density at radius 2 is 2.20 bits per heavy atom. The second-order valence-corrected chi connectivity index (χ2v) is 5.12. The lowest BCUT2D eigenvalue weighted by molar-refractivity contribution is -0.112. The molecule has 1 aliphatic carbocycles. The molecule has 0 radical (unpaired) electrons. The number of hydrogen-bond acceptors (Lipinski definition) is 2. The lowest BCUT2D eigenvalue weighted by Gasteiger charge is -2.38. The molecule has 15 heavy (non-hydrogen) atoms. The zero-order chi connectivity index (χ0) is 11.6. The van der Waals surface area contributed by atoms with Crippen molar-refractivity contribution in [1.29, 1.82) is 0 Å². The lowest BCUT2D eigenvalue weighted by Crippen LogP contribution is -2.32. The molecule has 0 bridgehead atoms. The highest BCUT2D eigenvalue weighted by molar-refractivity contribution is 5.87. The molecule has 1 aliphatic rings. The summed E-state index contributed by atoms with van der Waals surface area (Å²) in [6.07, 6.45) is 5.88. The molecule has 2 nitrogen and oxygen atoms in total. The van der Waals surface area contributed by atoms with Crippen molar-refractivity contribution in [3.05, 3.63) is 23.8 Å². The number of carbonyl (C=O) groups excluding carboxylic acids is 1. The fourth-order valence-electron chi connectivity index (χ4n) is 2.39. The summed E-state index contributed by atoms with van der Waals surface area (Å²) in [6.45, 7) is 7.82. The lowest BCUT2D eigenvalue weighted by atomic mass is 9.68. The van der Waals surface area contributed by atoms with Gasteiger partial charge in [0.15, 0.2) is 5.78 Å². The highest BCUT2D eigenvalue weighted by atomic mass is 16.3. The van der Waals surface area contributed by atoms with Crippen molar-refractivity contribution in [2.75, 3.05) is 0 Å². The topological polar surface area (TPSA) is 37.3 Å². The summed E-state index contributed by atoms with van der Waals surface area (Å²) in [4.78, 5) is 10.9.